The van der Waals surface area contributed by atoms with Gasteiger partial charge in [0.15, 0.2) is 0 Å². The second-order valence-electron chi connectivity index (χ2n) is 6.85. The summed E-state index contributed by atoms with van der Waals surface area (Å²) in [6.45, 7) is 5.58. The van der Waals surface area contributed by atoms with Crippen molar-refractivity contribution < 1.29 is 14.3 Å². The van der Waals surface area contributed by atoms with E-state index in [1.165, 1.54) is 17.3 Å². The molecule has 4 nitrogen and oxygen atoms in total. The van der Waals surface area contributed by atoms with Crippen LogP contribution in [0.4, 0.5) is 0 Å². The summed E-state index contributed by atoms with van der Waals surface area (Å²) in [5.41, 5.74) is 2.25. The molecule has 1 saturated heterocycles. The number of carbonyl (C=O) groups excluding carboxylic acids is 1. The van der Waals surface area contributed by atoms with Crippen molar-refractivity contribution in [2.75, 3.05) is 13.2 Å². The summed E-state index contributed by atoms with van der Waals surface area (Å²) in [5.74, 6) is 2.07. The van der Waals surface area contributed by atoms with E-state index < -0.39 is 0 Å². The van der Waals surface area contributed by atoms with Crippen LogP contribution in [0.5, 0.6) is 11.5 Å². The van der Waals surface area contributed by atoms with Crippen LogP contribution in [0, 0.1) is 0 Å². The lowest BCUT2D eigenvalue weighted by molar-refractivity contribution is -0.115. The smallest absolute Gasteiger partial charge is 0.263 e. The molecule has 0 aliphatic carbocycles. The van der Waals surface area contributed by atoms with Crippen LogP contribution in [-0.2, 0) is 4.79 Å². The van der Waals surface area contributed by atoms with Gasteiger partial charge in [-0.25, -0.2) is 0 Å². The quantitative estimate of drug-likeness (QED) is 0.324. The fraction of sp³-hybridized carbons (Fsp3) is 0.304. The first kappa shape index (κ1) is 21.4. The van der Waals surface area contributed by atoms with Crippen LogP contribution < -0.4 is 14.8 Å². The maximum atomic E-state index is 11.8. The van der Waals surface area contributed by atoms with E-state index in [1.54, 1.807) is 0 Å². The van der Waals surface area contributed by atoms with Crippen LogP contribution in [0.25, 0.3) is 6.08 Å². The fourth-order valence-electron chi connectivity index (χ4n) is 2.83. The Hall–Kier alpha value is -2.31. The topological polar surface area (TPSA) is 47.6 Å². The summed E-state index contributed by atoms with van der Waals surface area (Å²) in [6, 6.07) is 16.0. The van der Waals surface area contributed by atoms with Crippen LogP contribution in [0.15, 0.2) is 53.4 Å². The molecule has 0 unspecified atom stereocenters. The Morgan fingerprint density at radius 3 is 2.48 bits per heavy atom. The zero-order valence-electron chi connectivity index (χ0n) is 16.6. The van der Waals surface area contributed by atoms with Crippen molar-refractivity contribution in [3.63, 3.8) is 0 Å². The van der Waals surface area contributed by atoms with E-state index >= 15 is 0 Å². The lowest BCUT2D eigenvalue weighted by Crippen LogP contribution is -2.17. The molecule has 1 aliphatic rings. The SMILES string of the molecule is CC[C@H](C)c1ccc(OCCCOc2cccc(/C=C3\SC(=S)NC3=O)c2)cc1. The molecule has 0 saturated carbocycles. The van der Waals surface area contributed by atoms with Gasteiger partial charge in [0.25, 0.3) is 5.91 Å². The van der Waals surface area contributed by atoms with Gasteiger partial charge in [-0.05, 0) is 53.8 Å². The molecule has 1 fully saturated rings. The van der Waals surface area contributed by atoms with Crippen LogP contribution in [0.2, 0.25) is 0 Å². The van der Waals surface area contributed by atoms with Gasteiger partial charge in [-0.1, -0.05) is 62.1 Å². The predicted octanol–water partition coefficient (Wildman–Crippen LogP) is 5.54. The normalized spacial score (nSPS) is 16.0. The molecule has 1 aliphatic heterocycles. The van der Waals surface area contributed by atoms with Crippen LogP contribution >= 0.6 is 24.0 Å². The van der Waals surface area contributed by atoms with Crippen molar-refractivity contribution in [3.05, 3.63) is 64.6 Å². The Kier molecular flexibility index (Phi) is 7.72. The third kappa shape index (κ3) is 6.34. The third-order valence-corrected chi connectivity index (χ3v) is 5.85. The number of benzene rings is 2. The first-order chi connectivity index (χ1) is 14.0. The highest BCUT2D eigenvalue weighted by Gasteiger charge is 2.21. The molecule has 0 aromatic heterocycles. The molecule has 0 bridgehead atoms. The molecule has 6 heteroatoms. The fourth-order valence-corrected chi connectivity index (χ4v) is 3.88. The number of carbonyl (C=O) groups is 1. The van der Waals surface area contributed by atoms with E-state index in [0.29, 0.717) is 28.4 Å². The van der Waals surface area contributed by atoms with Crippen molar-refractivity contribution in [2.24, 2.45) is 0 Å². The van der Waals surface area contributed by atoms with Gasteiger partial charge in [0.2, 0.25) is 0 Å². The molecule has 1 atom stereocenters. The number of hydrogen-bond acceptors (Lipinski definition) is 5. The van der Waals surface area contributed by atoms with Gasteiger partial charge in [-0.15, -0.1) is 0 Å². The largest absolute Gasteiger partial charge is 0.493 e. The van der Waals surface area contributed by atoms with E-state index in [4.69, 9.17) is 21.7 Å². The maximum Gasteiger partial charge on any atom is 0.263 e. The van der Waals surface area contributed by atoms with Gasteiger partial charge >= 0.3 is 0 Å². The average molecular weight is 428 g/mol. The minimum absolute atomic E-state index is 0.152. The van der Waals surface area contributed by atoms with E-state index in [2.05, 4.69) is 31.3 Å². The molecule has 0 radical (unpaired) electrons. The molecule has 2 aromatic carbocycles. The molecule has 152 valence electrons. The number of thiocarbonyl (C=S) groups is 1. The van der Waals surface area contributed by atoms with Gasteiger partial charge < -0.3 is 14.8 Å². The van der Waals surface area contributed by atoms with Crippen LogP contribution in [-0.4, -0.2) is 23.4 Å². The van der Waals surface area contributed by atoms with Crippen molar-refractivity contribution in [2.45, 2.75) is 32.6 Å². The van der Waals surface area contributed by atoms with Gasteiger partial charge in [0.05, 0.1) is 18.1 Å². The summed E-state index contributed by atoms with van der Waals surface area (Å²) in [4.78, 5) is 12.4. The second-order valence-corrected chi connectivity index (χ2v) is 8.57. The summed E-state index contributed by atoms with van der Waals surface area (Å²) < 4.78 is 12.1. The van der Waals surface area contributed by atoms with E-state index in [0.717, 1.165) is 29.9 Å². The van der Waals surface area contributed by atoms with Crippen molar-refractivity contribution in [1.29, 1.82) is 0 Å². The first-order valence-electron chi connectivity index (χ1n) is 9.75. The number of nitrogens with one attached hydrogen (secondary N) is 1. The van der Waals surface area contributed by atoms with Gasteiger partial charge in [-0.3, -0.25) is 4.79 Å². The van der Waals surface area contributed by atoms with Gasteiger partial charge in [0.1, 0.15) is 15.8 Å². The molecule has 1 N–H and O–H groups in total. The van der Waals surface area contributed by atoms with E-state index in [-0.39, 0.29) is 5.91 Å². The number of amides is 1. The highest BCUT2D eigenvalue weighted by atomic mass is 32.2. The van der Waals surface area contributed by atoms with Crippen LogP contribution in [0.3, 0.4) is 0 Å². The molecule has 2 aromatic rings. The lowest BCUT2D eigenvalue weighted by atomic mass is 9.99. The molecule has 1 heterocycles. The summed E-state index contributed by atoms with van der Waals surface area (Å²) in [5, 5.41) is 2.62. The Labute approximate surface area is 181 Å². The van der Waals surface area contributed by atoms with Crippen molar-refractivity contribution in [1.82, 2.24) is 5.32 Å². The number of thioether (sulfide) groups is 1. The number of rotatable bonds is 9. The minimum atomic E-state index is -0.152. The molecule has 0 spiro atoms. The average Bonchev–Trinajstić information content (AvgIpc) is 3.04. The third-order valence-electron chi connectivity index (χ3n) is 4.69. The molecular weight excluding hydrogens is 402 g/mol. The summed E-state index contributed by atoms with van der Waals surface area (Å²) >= 11 is 6.28. The summed E-state index contributed by atoms with van der Waals surface area (Å²) in [7, 11) is 0. The highest BCUT2D eigenvalue weighted by molar-refractivity contribution is 8.26. The predicted molar refractivity (Wildman–Crippen MR) is 124 cm³/mol. The lowest BCUT2D eigenvalue weighted by Gasteiger charge is -2.11. The van der Waals surface area contributed by atoms with E-state index in [1.807, 2.05) is 42.5 Å². The van der Waals surface area contributed by atoms with Gasteiger partial charge in [-0.2, -0.15) is 0 Å². The summed E-state index contributed by atoms with van der Waals surface area (Å²) in [6.07, 6.45) is 3.73. The molecule has 3 rings (SSSR count). The second kappa shape index (κ2) is 10.5. The Balaban J connectivity index is 1.43. The zero-order chi connectivity index (χ0) is 20.6. The monoisotopic (exact) mass is 427 g/mol. The standard InChI is InChI=1S/C23H25NO3S2/c1-3-16(2)18-8-10-19(11-9-18)26-12-5-13-27-20-7-4-6-17(14-20)15-21-22(25)24-23(28)29-21/h4,6-11,14-16H,3,5,12-13H2,1-2H3,(H,24,25,28)/b21-15-/t16-/m0/s1. The molecule has 29 heavy (non-hydrogen) atoms. The Morgan fingerprint density at radius 2 is 1.83 bits per heavy atom. The first-order valence-corrected chi connectivity index (χ1v) is 11.0. The van der Waals surface area contributed by atoms with Crippen molar-refractivity contribution >= 4 is 40.3 Å². The maximum absolute atomic E-state index is 11.8. The Morgan fingerprint density at radius 1 is 1.10 bits per heavy atom. The number of ether oxygens (including phenoxy) is 2. The molecule has 1 amide bonds. The highest BCUT2D eigenvalue weighted by Crippen LogP contribution is 2.27. The van der Waals surface area contributed by atoms with Crippen molar-refractivity contribution in [3.8, 4) is 11.5 Å². The van der Waals surface area contributed by atoms with E-state index in [9.17, 15) is 4.79 Å². The molecular formula is C23H25NO3S2. The zero-order valence-corrected chi connectivity index (χ0v) is 18.3. The van der Waals surface area contributed by atoms with Crippen LogP contribution in [0.1, 0.15) is 43.7 Å². The van der Waals surface area contributed by atoms with Gasteiger partial charge in [0, 0.05) is 6.42 Å². The Bertz CT molecular complexity index is 893. The number of hydrogen-bond donors (Lipinski definition) is 1. The minimum Gasteiger partial charge on any atom is -0.493 e.